The van der Waals surface area contributed by atoms with Crippen LogP contribution >= 0.6 is 0 Å². The number of nitrogens with zero attached hydrogens (tertiary/aromatic N) is 2. The maximum Gasteiger partial charge on any atom is 0.138 e. The van der Waals surface area contributed by atoms with Crippen molar-refractivity contribution < 1.29 is 0 Å². The van der Waals surface area contributed by atoms with E-state index in [0.717, 1.165) is 56.4 Å². The van der Waals surface area contributed by atoms with Crippen molar-refractivity contribution in [1.82, 2.24) is 19.9 Å². The first-order valence-corrected chi connectivity index (χ1v) is 14.1. The van der Waals surface area contributed by atoms with Crippen molar-refractivity contribution in [2.45, 2.75) is 0 Å². The molecule has 4 heteroatoms. The summed E-state index contributed by atoms with van der Waals surface area (Å²) in [4.78, 5) is 16.5. The van der Waals surface area contributed by atoms with E-state index in [1.54, 1.807) is 0 Å². The van der Waals surface area contributed by atoms with Crippen LogP contribution in [0.2, 0.25) is 0 Å². The van der Waals surface area contributed by atoms with E-state index in [1.807, 2.05) is 12.4 Å². The molecule has 8 aromatic rings. The van der Waals surface area contributed by atoms with Gasteiger partial charge in [-0.15, -0.1) is 0 Å². The van der Waals surface area contributed by atoms with E-state index in [2.05, 4.69) is 143 Å². The summed E-state index contributed by atoms with van der Waals surface area (Å²) < 4.78 is 0. The maximum absolute atomic E-state index is 4.88. The highest BCUT2D eigenvalue weighted by atomic mass is 14.9. The average molecular weight is 539 g/mol. The Morgan fingerprint density at radius 1 is 0.333 bits per heavy atom. The molecule has 2 N–H and O–H groups in total. The van der Waals surface area contributed by atoms with Gasteiger partial charge in [0.1, 0.15) is 11.6 Å². The molecule has 0 radical (unpaired) electrons. The van der Waals surface area contributed by atoms with Gasteiger partial charge in [0, 0.05) is 34.6 Å². The van der Waals surface area contributed by atoms with Crippen LogP contribution in [0.25, 0.3) is 78.0 Å². The van der Waals surface area contributed by atoms with Gasteiger partial charge in [0.2, 0.25) is 0 Å². The van der Waals surface area contributed by atoms with Crippen molar-refractivity contribution in [3.8, 4) is 56.4 Å². The van der Waals surface area contributed by atoms with Crippen LogP contribution < -0.4 is 0 Å². The molecule has 2 heterocycles. The second-order valence-corrected chi connectivity index (χ2v) is 10.5. The molecule has 0 amide bonds. The fraction of sp³-hybridized carbons (Fsp3) is 0. The van der Waals surface area contributed by atoms with Gasteiger partial charge in [-0.3, -0.25) is 0 Å². The van der Waals surface area contributed by atoms with Gasteiger partial charge >= 0.3 is 0 Å². The molecule has 0 atom stereocenters. The summed E-state index contributed by atoms with van der Waals surface area (Å²) in [6.45, 7) is 0. The van der Waals surface area contributed by atoms with Crippen molar-refractivity contribution >= 4 is 21.5 Å². The number of fused-ring (bicyclic) bond motifs is 2. The van der Waals surface area contributed by atoms with Crippen LogP contribution in [0.15, 0.2) is 146 Å². The molecular formula is C38H26N4. The molecule has 0 unspecified atom stereocenters. The van der Waals surface area contributed by atoms with E-state index in [4.69, 9.17) is 9.97 Å². The average Bonchev–Trinajstić information content (AvgIpc) is 3.76. The minimum absolute atomic E-state index is 0.873. The number of aromatic amines is 2. The van der Waals surface area contributed by atoms with Gasteiger partial charge in [-0.2, -0.15) is 0 Å². The Morgan fingerprint density at radius 2 is 0.690 bits per heavy atom. The highest BCUT2D eigenvalue weighted by molar-refractivity contribution is 5.87. The van der Waals surface area contributed by atoms with Crippen molar-refractivity contribution in [2.24, 2.45) is 0 Å². The van der Waals surface area contributed by atoms with Gasteiger partial charge in [0.15, 0.2) is 0 Å². The van der Waals surface area contributed by atoms with Crippen LogP contribution in [0.4, 0.5) is 0 Å². The Balaban J connectivity index is 0.997. The number of hydrogen-bond acceptors (Lipinski definition) is 2. The van der Waals surface area contributed by atoms with E-state index >= 15 is 0 Å². The number of hydrogen-bond donors (Lipinski definition) is 2. The molecule has 0 aliphatic heterocycles. The first-order valence-electron chi connectivity index (χ1n) is 14.1. The van der Waals surface area contributed by atoms with Crippen molar-refractivity contribution in [3.05, 3.63) is 146 Å². The zero-order chi connectivity index (χ0) is 27.9. The van der Waals surface area contributed by atoms with E-state index in [1.165, 1.54) is 21.5 Å². The predicted octanol–water partition coefficient (Wildman–Crippen LogP) is 9.77. The van der Waals surface area contributed by atoms with Crippen molar-refractivity contribution in [3.63, 3.8) is 0 Å². The lowest BCUT2D eigenvalue weighted by Crippen LogP contribution is -1.84. The summed E-state index contributed by atoms with van der Waals surface area (Å²) in [6, 6.07) is 46.8. The van der Waals surface area contributed by atoms with Crippen molar-refractivity contribution in [2.75, 3.05) is 0 Å². The molecule has 0 spiro atoms. The molecule has 0 bridgehead atoms. The van der Waals surface area contributed by atoms with Gasteiger partial charge in [-0.1, -0.05) is 121 Å². The zero-order valence-electron chi connectivity index (χ0n) is 22.8. The highest BCUT2D eigenvalue weighted by Crippen LogP contribution is 2.30. The van der Waals surface area contributed by atoms with Crippen LogP contribution in [0, 0.1) is 0 Å². The third-order valence-electron chi connectivity index (χ3n) is 7.90. The number of aromatic nitrogens is 4. The predicted molar refractivity (Wildman–Crippen MR) is 173 cm³/mol. The zero-order valence-corrected chi connectivity index (χ0v) is 22.8. The van der Waals surface area contributed by atoms with E-state index in [-0.39, 0.29) is 0 Å². The molecule has 4 nitrogen and oxygen atoms in total. The van der Waals surface area contributed by atoms with Crippen LogP contribution in [0.1, 0.15) is 0 Å². The first kappa shape index (κ1) is 24.1. The minimum Gasteiger partial charge on any atom is -0.344 e. The Hall–Kier alpha value is -5.74. The molecule has 0 aliphatic rings. The Kier molecular flexibility index (Phi) is 5.75. The lowest BCUT2D eigenvalue weighted by Gasteiger charge is -2.05. The summed E-state index contributed by atoms with van der Waals surface area (Å²) in [5.41, 5.74) is 8.51. The maximum atomic E-state index is 4.88. The second kappa shape index (κ2) is 10.0. The molecule has 8 rings (SSSR count). The number of H-pyrrole nitrogens is 2. The van der Waals surface area contributed by atoms with Crippen LogP contribution in [0.3, 0.4) is 0 Å². The number of rotatable bonds is 5. The second-order valence-electron chi connectivity index (χ2n) is 10.5. The monoisotopic (exact) mass is 538 g/mol. The first-order chi connectivity index (χ1) is 20.8. The van der Waals surface area contributed by atoms with Crippen LogP contribution in [-0.4, -0.2) is 19.9 Å². The molecule has 0 saturated carbocycles. The fourth-order valence-corrected chi connectivity index (χ4v) is 5.58. The van der Waals surface area contributed by atoms with Gasteiger partial charge in [0.25, 0.3) is 0 Å². The van der Waals surface area contributed by atoms with Gasteiger partial charge in [0.05, 0.1) is 11.4 Å². The standard InChI is InChI=1S/C38H26N4/c1-3-7-31-21-33(19-13-25(31)5-1)37-39-23-35(41-37)29-15-9-27(10-16-29)28-11-17-30(18-12-28)36-24-40-38(42-36)34-20-14-26-6-2-4-8-32(26)22-34/h1-24H,(H,39,41)(H,40,42). The topological polar surface area (TPSA) is 57.4 Å². The fourth-order valence-electron chi connectivity index (χ4n) is 5.58. The van der Waals surface area contributed by atoms with Gasteiger partial charge < -0.3 is 9.97 Å². The molecule has 0 saturated heterocycles. The summed E-state index contributed by atoms with van der Waals surface area (Å²) in [7, 11) is 0. The number of imidazole rings is 2. The van der Waals surface area contributed by atoms with Crippen LogP contribution in [0.5, 0.6) is 0 Å². The van der Waals surface area contributed by atoms with Gasteiger partial charge in [-0.05, 0) is 44.8 Å². The summed E-state index contributed by atoms with van der Waals surface area (Å²) >= 11 is 0. The molecule has 42 heavy (non-hydrogen) atoms. The Labute approximate surface area is 243 Å². The molecule has 2 aromatic heterocycles. The molecule has 0 fully saturated rings. The molecular weight excluding hydrogens is 512 g/mol. The highest BCUT2D eigenvalue weighted by Gasteiger charge is 2.10. The number of benzene rings is 6. The van der Waals surface area contributed by atoms with Crippen molar-refractivity contribution in [1.29, 1.82) is 0 Å². The van der Waals surface area contributed by atoms with E-state index in [0.29, 0.717) is 0 Å². The number of nitrogens with one attached hydrogen (secondary N) is 2. The summed E-state index contributed by atoms with van der Waals surface area (Å²) in [5.74, 6) is 1.75. The van der Waals surface area contributed by atoms with E-state index in [9.17, 15) is 0 Å². The summed E-state index contributed by atoms with van der Waals surface area (Å²) in [5, 5.41) is 4.88. The minimum atomic E-state index is 0.873. The SMILES string of the molecule is c1ccc2cc(-c3nc(-c4ccc(-c5ccc(-c6c[nH]c(-c7ccc8ccccc8c7)n6)cc5)cc4)c[nH]3)ccc2c1. The third kappa shape index (κ3) is 4.45. The third-order valence-corrected chi connectivity index (χ3v) is 7.90. The lowest BCUT2D eigenvalue weighted by atomic mass is 10.0. The normalized spacial score (nSPS) is 11.3. The molecule has 198 valence electrons. The quantitative estimate of drug-likeness (QED) is 0.229. The Bertz CT molecular complexity index is 2030. The van der Waals surface area contributed by atoms with Gasteiger partial charge in [-0.25, -0.2) is 9.97 Å². The molecule has 6 aromatic carbocycles. The largest absolute Gasteiger partial charge is 0.344 e. The summed E-state index contributed by atoms with van der Waals surface area (Å²) in [6.07, 6.45) is 3.95. The smallest absolute Gasteiger partial charge is 0.138 e. The lowest BCUT2D eigenvalue weighted by molar-refractivity contribution is 1.31. The molecule has 0 aliphatic carbocycles. The van der Waals surface area contributed by atoms with E-state index < -0.39 is 0 Å². The Morgan fingerprint density at radius 3 is 1.12 bits per heavy atom. The van der Waals surface area contributed by atoms with Crippen LogP contribution in [-0.2, 0) is 0 Å².